The lowest BCUT2D eigenvalue weighted by molar-refractivity contribution is 0.285. The Bertz CT molecular complexity index is 343. The molecule has 0 saturated carbocycles. The van der Waals surface area contributed by atoms with Gasteiger partial charge in [-0.1, -0.05) is 154 Å². The molecule has 0 saturated heterocycles. The van der Waals surface area contributed by atoms with Crippen molar-refractivity contribution in [2.75, 3.05) is 19.6 Å². The summed E-state index contributed by atoms with van der Waals surface area (Å²) < 4.78 is 0. The first-order chi connectivity index (χ1) is 15.7. The van der Waals surface area contributed by atoms with Crippen molar-refractivity contribution in [3.05, 3.63) is 11.6 Å². The number of rotatable bonds is 26. The average Bonchev–Trinajstić information content (AvgIpc) is 2.78. The van der Waals surface area contributed by atoms with E-state index >= 15 is 0 Å². The molecule has 0 aliphatic heterocycles. The molecule has 0 unspecified atom stereocenters. The van der Waals surface area contributed by atoms with Crippen molar-refractivity contribution in [1.29, 1.82) is 0 Å². The Morgan fingerprint density at radius 2 is 0.719 bits per heavy atom. The number of hydrogen-bond donors (Lipinski definition) is 0. The highest BCUT2D eigenvalue weighted by Gasteiger charge is 2.03. The van der Waals surface area contributed by atoms with Crippen LogP contribution in [0.2, 0.25) is 0 Å². The van der Waals surface area contributed by atoms with E-state index in [0.29, 0.717) is 0 Å². The third-order valence-corrected chi connectivity index (χ3v) is 6.91. The maximum absolute atomic E-state index is 2.72. The van der Waals surface area contributed by atoms with Crippen molar-refractivity contribution in [3.8, 4) is 0 Å². The SMILES string of the molecule is CCCCCCCCCCCCCN(CC=C(C)C)CCCCCCCCCCCCC. The van der Waals surface area contributed by atoms with E-state index in [1.165, 1.54) is 160 Å². The van der Waals surface area contributed by atoms with Gasteiger partial charge in [-0.2, -0.15) is 0 Å². The third-order valence-electron chi connectivity index (χ3n) is 6.91. The first-order valence-electron chi connectivity index (χ1n) is 15.1. The van der Waals surface area contributed by atoms with E-state index in [1.807, 2.05) is 0 Å². The molecule has 0 fully saturated rings. The Kier molecular flexibility index (Phi) is 26.7. The molecule has 0 N–H and O–H groups in total. The molecule has 0 aliphatic rings. The van der Waals surface area contributed by atoms with Crippen LogP contribution in [0.4, 0.5) is 0 Å². The summed E-state index contributed by atoms with van der Waals surface area (Å²) in [4.78, 5) is 2.72. The number of allylic oxidation sites excluding steroid dienone is 1. The first kappa shape index (κ1) is 31.7. The van der Waals surface area contributed by atoms with Crippen LogP contribution in [0.1, 0.15) is 169 Å². The fourth-order valence-corrected chi connectivity index (χ4v) is 4.61. The van der Waals surface area contributed by atoms with Crippen LogP contribution in [0, 0.1) is 0 Å². The van der Waals surface area contributed by atoms with Gasteiger partial charge >= 0.3 is 0 Å². The Hall–Kier alpha value is -0.300. The maximum atomic E-state index is 2.72. The van der Waals surface area contributed by atoms with Crippen molar-refractivity contribution < 1.29 is 0 Å². The van der Waals surface area contributed by atoms with Gasteiger partial charge < -0.3 is 0 Å². The zero-order valence-electron chi connectivity index (χ0n) is 23.2. The Morgan fingerprint density at radius 3 is 1.00 bits per heavy atom. The quantitative estimate of drug-likeness (QED) is 0.0937. The maximum Gasteiger partial charge on any atom is 0.0165 e. The molecule has 0 rings (SSSR count). The molecule has 192 valence electrons. The van der Waals surface area contributed by atoms with Crippen molar-refractivity contribution >= 4 is 0 Å². The smallest absolute Gasteiger partial charge is 0.0165 e. The summed E-state index contributed by atoms with van der Waals surface area (Å²) in [6.07, 6.45) is 34.1. The van der Waals surface area contributed by atoms with Crippen molar-refractivity contribution in [1.82, 2.24) is 4.90 Å². The highest BCUT2D eigenvalue weighted by Crippen LogP contribution is 2.13. The third kappa shape index (κ3) is 26.0. The topological polar surface area (TPSA) is 3.24 Å². The predicted octanol–water partition coefficient (Wildman–Crippen LogP) is 10.9. The minimum atomic E-state index is 1.16. The van der Waals surface area contributed by atoms with Gasteiger partial charge in [-0.05, 0) is 39.8 Å². The highest BCUT2D eigenvalue weighted by molar-refractivity contribution is 4.94. The summed E-state index contributed by atoms with van der Waals surface area (Å²) in [5, 5.41) is 0. The fraction of sp³-hybridized carbons (Fsp3) is 0.935. The summed E-state index contributed by atoms with van der Waals surface area (Å²) in [6, 6.07) is 0. The van der Waals surface area contributed by atoms with Gasteiger partial charge in [0.2, 0.25) is 0 Å². The molecule has 0 spiro atoms. The standard InChI is InChI=1S/C31H63N/c1-5-7-9-11-13-15-17-19-21-23-25-28-32(30-27-31(3)4)29-26-24-22-20-18-16-14-12-10-8-6-2/h27H,5-26,28-30H2,1-4H3. The van der Waals surface area contributed by atoms with E-state index in [-0.39, 0.29) is 0 Å². The van der Waals surface area contributed by atoms with Crippen molar-refractivity contribution in [3.63, 3.8) is 0 Å². The molecule has 0 aromatic carbocycles. The van der Waals surface area contributed by atoms with Crippen LogP contribution in [0.25, 0.3) is 0 Å². The molecular weight excluding hydrogens is 386 g/mol. The van der Waals surface area contributed by atoms with Crippen LogP contribution in [-0.4, -0.2) is 24.5 Å². The van der Waals surface area contributed by atoms with Crippen LogP contribution >= 0.6 is 0 Å². The summed E-state index contributed by atoms with van der Waals surface area (Å²) >= 11 is 0. The summed E-state index contributed by atoms with van der Waals surface area (Å²) in [6.45, 7) is 12.9. The van der Waals surface area contributed by atoms with Crippen LogP contribution in [0.5, 0.6) is 0 Å². The summed E-state index contributed by atoms with van der Waals surface area (Å²) in [7, 11) is 0. The Morgan fingerprint density at radius 1 is 0.438 bits per heavy atom. The molecule has 0 radical (unpaired) electrons. The van der Waals surface area contributed by atoms with E-state index in [1.54, 1.807) is 0 Å². The monoisotopic (exact) mass is 449 g/mol. The number of hydrogen-bond acceptors (Lipinski definition) is 1. The van der Waals surface area contributed by atoms with Gasteiger partial charge in [0.1, 0.15) is 0 Å². The summed E-state index contributed by atoms with van der Waals surface area (Å²) in [5.74, 6) is 0. The molecule has 0 aromatic heterocycles. The molecule has 0 atom stereocenters. The lowest BCUT2D eigenvalue weighted by Gasteiger charge is -2.21. The van der Waals surface area contributed by atoms with E-state index in [2.05, 4.69) is 38.7 Å². The van der Waals surface area contributed by atoms with E-state index < -0.39 is 0 Å². The molecule has 0 heterocycles. The van der Waals surface area contributed by atoms with E-state index in [4.69, 9.17) is 0 Å². The predicted molar refractivity (Wildman–Crippen MR) is 149 cm³/mol. The van der Waals surface area contributed by atoms with Gasteiger partial charge in [-0.15, -0.1) is 0 Å². The second-order valence-corrected chi connectivity index (χ2v) is 10.7. The fourth-order valence-electron chi connectivity index (χ4n) is 4.61. The van der Waals surface area contributed by atoms with E-state index in [0.717, 1.165) is 6.54 Å². The molecule has 0 aromatic rings. The van der Waals surface area contributed by atoms with Gasteiger partial charge in [-0.25, -0.2) is 0 Å². The van der Waals surface area contributed by atoms with Crippen LogP contribution in [-0.2, 0) is 0 Å². The highest BCUT2D eigenvalue weighted by atomic mass is 15.1. The summed E-state index contributed by atoms with van der Waals surface area (Å²) in [5.41, 5.74) is 1.47. The van der Waals surface area contributed by atoms with Gasteiger partial charge in [0.05, 0.1) is 0 Å². The lowest BCUT2D eigenvalue weighted by Crippen LogP contribution is -2.26. The van der Waals surface area contributed by atoms with Gasteiger partial charge in [0, 0.05) is 6.54 Å². The van der Waals surface area contributed by atoms with Gasteiger partial charge in [-0.3, -0.25) is 4.90 Å². The van der Waals surface area contributed by atoms with Crippen LogP contribution < -0.4 is 0 Å². The molecule has 0 amide bonds. The number of nitrogens with zero attached hydrogens (tertiary/aromatic N) is 1. The van der Waals surface area contributed by atoms with Crippen LogP contribution in [0.15, 0.2) is 11.6 Å². The molecule has 1 heteroatoms. The zero-order chi connectivity index (χ0) is 23.5. The largest absolute Gasteiger partial charge is 0.300 e. The zero-order valence-corrected chi connectivity index (χ0v) is 23.2. The molecule has 1 nitrogen and oxygen atoms in total. The molecule has 32 heavy (non-hydrogen) atoms. The normalized spacial score (nSPS) is 11.4. The first-order valence-corrected chi connectivity index (χ1v) is 15.1. The second kappa shape index (κ2) is 26.9. The number of unbranched alkanes of at least 4 members (excludes halogenated alkanes) is 20. The minimum absolute atomic E-state index is 1.16. The van der Waals surface area contributed by atoms with Crippen LogP contribution in [0.3, 0.4) is 0 Å². The van der Waals surface area contributed by atoms with Crippen molar-refractivity contribution in [2.45, 2.75) is 169 Å². The molecule has 0 bridgehead atoms. The lowest BCUT2D eigenvalue weighted by atomic mass is 10.1. The average molecular weight is 450 g/mol. The van der Waals surface area contributed by atoms with Crippen molar-refractivity contribution in [2.24, 2.45) is 0 Å². The van der Waals surface area contributed by atoms with Gasteiger partial charge in [0.25, 0.3) is 0 Å². The Labute approximate surface area is 205 Å². The molecule has 0 aliphatic carbocycles. The van der Waals surface area contributed by atoms with Gasteiger partial charge in [0.15, 0.2) is 0 Å². The Balaban J connectivity index is 3.65. The van der Waals surface area contributed by atoms with E-state index in [9.17, 15) is 0 Å². The minimum Gasteiger partial charge on any atom is -0.300 e. The second-order valence-electron chi connectivity index (χ2n) is 10.7. The molecular formula is C31H63N.